The zero-order chi connectivity index (χ0) is 15.2. The van der Waals surface area contributed by atoms with Crippen molar-refractivity contribution in [1.82, 2.24) is 9.55 Å². The first-order chi connectivity index (χ1) is 9.42. The number of nitrogens with zero attached hydrogens (tertiary/aromatic N) is 2. The summed E-state index contributed by atoms with van der Waals surface area (Å²) >= 11 is 0. The lowest BCUT2D eigenvalue weighted by Gasteiger charge is -2.10. The Kier molecular flexibility index (Phi) is 6.13. The summed E-state index contributed by atoms with van der Waals surface area (Å²) in [6.45, 7) is 8.98. The molecule has 0 atom stereocenters. The van der Waals surface area contributed by atoms with E-state index in [9.17, 15) is 0 Å². The monoisotopic (exact) mass is 281 g/mol. The van der Waals surface area contributed by atoms with Gasteiger partial charge in [0.1, 0.15) is 5.82 Å². The van der Waals surface area contributed by atoms with Gasteiger partial charge in [0.2, 0.25) is 0 Å². The third kappa shape index (κ3) is 4.59. The highest BCUT2D eigenvalue weighted by Crippen LogP contribution is 2.15. The molecule has 0 radical (unpaired) electrons. The third-order valence-electron chi connectivity index (χ3n) is 2.64. The lowest BCUT2D eigenvalue weighted by molar-refractivity contribution is -0.306. The van der Waals surface area contributed by atoms with Gasteiger partial charge in [0, 0.05) is 7.97 Å². The molecule has 0 saturated heterocycles. The Balaban J connectivity index is 0.000000495. The number of nitrogens with two attached hydrogens (primary N) is 1. The van der Waals surface area contributed by atoms with E-state index >= 15 is 0 Å². The standard InChI is InChI=1S/C11H15N3.C4H10O2.H2/c1-2-7-14-10-6-4-3-5-9(10)13-11(14)8-12;1-4(2,3)6-5;/h3-6H,2,7-8,12H2,1H3;5H,1-3H3;1H. The number of hydrogen-bond acceptors (Lipinski definition) is 4. The van der Waals surface area contributed by atoms with Crippen LogP contribution in [-0.2, 0) is 18.0 Å². The van der Waals surface area contributed by atoms with Crippen LogP contribution < -0.4 is 5.73 Å². The molecule has 0 aliphatic rings. The lowest BCUT2D eigenvalue weighted by Crippen LogP contribution is -2.15. The van der Waals surface area contributed by atoms with Crippen molar-refractivity contribution in [2.24, 2.45) is 5.73 Å². The Labute approximate surface area is 121 Å². The molecule has 0 amide bonds. The van der Waals surface area contributed by atoms with E-state index in [1.165, 1.54) is 5.52 Å². The summed E-state index contributed by atoms with van der Waals surface area (Å²) in [6, 6.07) is 8.17. The third-order valence-corrected chi connectivity index (χ3v) is 2.64. The quantitative estimate of drug-likeness (QED) is 0.668. The topological polar surface area (TPSA) is 73.3 Å². The van der Waals surface area contributed by atoms with Gasteiger partial charge in [0.15, 0.2) is 0 Å². The molecule has 0 spiro atoms. The van der Waals surface area contributed by atoms with E-state index in [1.54, 1.807) is 20.8 Å². The van der Waals surface area contributed by atoms with Gasteiger partial charge in [-0.25, -0.2) is 9.87 Å². The number of rotatable bonds is 3. The molecule has 1 aromatic carbocycles. The van der Waals surface area contributed by atoms with Crippen molar-refractivity contribution in [2.45, 2.75) is 52.8 Å². The largest absolute Gasteiger partial charge is 0.327 e. The van der Waals surface area contributed by atoms with Crippen molar-refractivity contribution < 1.29 is 11.6 Å². The predicted molar refractivity (Wildman–Crippen MR) is 83.5 cm³/mol. The van der Waals surface area contributed by atoms with E-state index in [-0.39, 0.29) is 1.43 Å². The minimum absolute atomic E-state index is 0. The molecule has 0 bridgehead atoms. The number of para-hydroxylation sites is 2. The zero-order valence-corrected chi connectivity index (χ0v) is 12.8. The molecule has 0 aliphatic heterocycles. The maximum Gasteiger partial charge on any atom is 0.123 e. The molecule has 20 heavy (non-hydrogen) atoms. The van der Waals surface area contributed by atoms with Gasteiger partial charge in [0.05, 0.1) is 23.2 Å². The van der Waals surface area contributed by atoms with Crippen LogP contribution in [0.5, 0.6) is 0 Å². The predicted octanol–water partition coefficient (Wildman–Crippen LogP) is 3.43. The van der Waals surface area contributed by atoms with E-state index in [2.05, 4.69) is 27.4 Å². The van der Waals surface area contributed by atoms with E-state index in [1.807, 2.05) is 18.2 Å². The number of benzene rings is 1. The fraction of sp³-hybridized carbons (Fsp3) is 0.533. The van der Waals surface area contributed by atoms with Crippen LogP contribution in [0.4, 0.5) is 0 Å². The van der Waals surface area contributed by atoms with E-state index in [4.69, 9.17) is 11.0 Å². The van der Waals surface area contributed by atoms with Crippen LogP contribution in [0.25, 0.3) is 11.0 Å². The smallest absolute Gasteiger partial charge is 0.123 e. The van der Waals surface area contributed by atoms with E-state index in [0.29, 0.717) is 6.54 Å². The highest BCUT2D eigenvalue weighted by atomic mass is 17.1. The SMILES string of the molecule is CC(C)(C)OO.CCCn1c(CN)nc2ccccc21.[HH]. The molecule has 2 rings (SSSR count). The molecule has 5 nitrogen and oxygen atoms in total. The van der Waals surface area contributed by atoms with Gasteiger partial charge >= 0.3 is 0 Å². The summed E-state index contributed by atoms with van der Waals surface area (Å²) in [7, 11) is 0. The summed E-state index contributed by atoms with van der Waals surface area (Å²) in [5.74, 6) is 0.980. The molecule has 0 saturated carbocycles. The Morgan fingerprint density at radius 2 is 1.95 bits per heavy atom. The number of aromatic nitrogens is 2. The van der Waals surface area contributed by atoms with Crippen molar-refractivity contribution in [3.05, 3.63) is 30.1 Å². The minimum atomic E-state index is -0.403. The van der Waals surface area contributed by atoms with Crippen LogP contribution in [0, 0.1) is 0 Å². The Morgan fingerprint density at radius 1 is 1.35 bits per heavy atom. The van der Waals surface area contributed by atoms with Crippen LogP contribution in [0.1, 0.15) is 41.4 Å². The van der Waals surface area contributed by atoms with E-state index < -0.39 is 5.60 Å². The summed E-state index contributed by atoms with van der Waals surface area (Å²) in [4.78, 5) is 8.43. The second-order valence-electron chi connectivity index (χ2n) is 5.58. The average Bonchev–Trinajstić information content (AvgIpc) is 2.78. The van der Waals surface area contributed by atoms with Crippen LogP contribution in [0.2, 0.25) is 0 Å². The molecule has 3 N–H and O–H groups in total. The number of fused-ring (bicyclic) bond motifs is 1. The summed E-state index contributed by atoms with van der Waals surface area (Å²) < 4.78 is 2.20. The maximum absolute atomic E-state index is 7.90. The second-order valence-corrected chi connectivity index (χ2v) is 5.58. The van der Waals surface area contributed by atoms with Crippen LogP contribution >= 0.6 is 0 Å². The van der Waals surface area contributed by atoms with Crippen molar-refractivity contribution in [1.29, 1.82) is 0 Å². The van der Waals surface area contributed by atoms with Gasteiger partial charge in [-0.05, 0) is 39.3 Å². The van der Waals surface area contributed by atoms with Gasteiger partial charge < -0.3 is 10.3 Å². The summed E-state index contributed by atoms with van der Waals surface area (Å²) in [5.41, 5.74) is 7.49. The van der Waals surface area contributed by atoms with Crippen molar-refractivity contribution in [2.75, 3.05) is 0 Å². The molecule has 0 unspecified atom stereocenters. The van der Waals surface area contributed by atoms with Crippen molar-refractivity contribution in [3.8, 4) is 0 Å². The molecular formula is C15H27N3O2. The van der Waals surface area contributed by atoms with Crippen molar-refractivity contribution >= 4 is 11.0 Å². The first-order valence-electron chi connectivity index (χ1n) is 6.89. The number of imidazole rings is 1. The Morgan fingerprint density at radius 3 is 2.45 bits per heavy atom. The zero-order valence-electron chi connectivity index (χ0n) is 12.8. The van der Waals surface area contributed by atoms with Gasteiger partial charge in [-0.3, -0.25) is 5.26 Å². The minimum Gasteiger partial charge on any atom is -0.327 e. The van der Waals surface area contributed by atoms with E-state index in [0.717, 1.165) is 24.3 Å². The van der Waals surface area contributed by atoms with Gasteiger partial charge in [-0.2, -0.15) is 0 Å². The first-order valence-corrected chi connectivity index (χ1v) is 6.89. The Hall–Kier alpha value is -1.43. The highest BCUT2D eigenvalue weighted by Gasteiger charge is 2.07. The molecule has 0 aliphatic carbocycles. The lowest BCUT2D eigenvalue weighted by atomic mass is 10.2. The van der Waals surface area contributed by atoms with Crippen molar-refractivity contribution in [3.63, 3.8) is 0 Å². The van der Waals surface area contributed by atoms with Crippen LogP contribution in [0.3, 0.4) is 0 Å². The van der Waals surface area contributed by atoms with Gasteiger partial charge in [-0.15, -0.1) is 0 Å². The number of hydrogen-bond donors (Lipinski definition) is 2. The first kappa shape index (κ1) is 16.6. The maximum atomic E-state index is 7.90. The molecule has 114 valence electrons. The summed E-state index contributed by atoms with van der Waals surface area (Å²) in [6.07, 6.45) is 1.10. The van der Waals surface area contributed by atoms with Gasteiger partial charge in [-0.1, -0.05) is 19.1 Å². The molecular weight excluding hydrogens is 254 g/mol. The Bertz CT molecular complexity index is 535. The molecule has 2 aromatic rings. The van der Waals surface area contributed by atoms with Gasteiger partial charge in [0.25, 0.3) is 0 Å². The highest BCUT2D eigenvalue weighted by molar-refractivity contribution is 5.75. The number of aryl methyl sites for hydroxylation is 1. The molecule has 0 fully saturated rings. The summed E-state index contributed by atoms with van der Waals surface area (Å²) in [5, 5.41) is 7.90. The fourth-order valence-corrected chi connectivity index (χ4v) is 1.75. The average molecular weight is 281 g/mol. The molecule has 1 heterocycles. The molecule has 1 aromatic heterocycles. The normalized spacial score (nSPS) is 11.3. The fourth-order valence-electron chi connectivity index (χ4n) is 1.75. The molecule has 5 heteroatoms. The van der Waals surface area contributed by atoms with Crippen LogP contribution in [-0.4, -0.2) is 20.4 Å². The van der Waals surface area contributed by atoms with Crippen LogP contribution in [0.15, 0.2) is 24.3 Å². The second kappa shape index (κ2) is 7.38.